The molecule has 0 bridgehead atoms. The van der Waals surface area contributed by atoms with E-state index in [2.05, 4.69) is 15.9 Å². The molecule has 0 amide bonds. The molecule has 1 N–H and O–H groups in total. The van der Waals surface area contributed by atoms with Gasteiger partial charge in [0.25, 0.3) is 0 Å². The molecule has 82 valence electrons. The lowest BCUT2D eigenvalue weighted by Gasteiger charge is -2.06. The molecule has 1 aromatic carbocycles. The summed E-state index contributed by atoms with van der Waals surface area (Å²) in [5.41, 5.74) is 1.15. The molecule has 0 heterocycles. The Balaban J connectivity index is 2.76. The summed E-state index contributed by atoms with van der Waals surface area (Å²) in [5.74, 6) is -0.917. The summed E-state index contributed by atoms with van der Waals surface area (Å²) in [4.78, 5) is 10.7. The highest BCUT2D eigenvalue weighted by Gasteiger charge is 2.06. The van der Waals surface area contributed by atoms with Crippen molar-refractivity contribution in [3.63, 3.8) is 0 Å². The van der Waals surface area contributed by atoms with E-state index in [4.69, 9.17) is 9.84 Å². The first-order valence-corrected chi connectivity index (χ1v) is 5.54. The van der Waals surface area contributed by atoms with Gasteiger partial charge in [0.2, 0.25) is 0 Å². The van der Waals surface area contributed by atoms with Crippen LogP contribution in [-0.4, -0.2) is 17.7 Å². The number of aromatic carboxylic acids is 1. The zero-order chi connectivity index (χ0) is 11.3. The van der Waals surface area contributed by atoms with Gasteiger partial charge in [-0.05, 0) is 30.2 Å². The van der Waals surface area contributed by atoms with Crippen molar-refractivity contribution in [2.45, 2.75) is 20.0 Å². The van der Waals surface area contributed by atoms with E-state index in [1.807, 2.05) is 6.92 Å². The number of carbonyl (C=O) groups is 1. The predicted molar refractivity (Wildman–Crippen MR) is 61.0 cm³/mol. The summed E-state index contributed by atoms with van der Waals surface area (Å²) < 4.78 is 6.24. The number of carboxylic acids is 1. The third kappa shape index (κ3) is 3.64. The Morgan fingerprint density at radius 3 is 2.87 bits per heavy atom. The van der Waals surface area contributed by atoms with Crippen LogP contribution in [0, 0.1) is 0 Å². The van der Waals surface area contributed by atoms with Gasteiger partial charge < -0.3 is 9.84 Å². The maximum atomic E-state index is 10.7. The Morgan fingerprint density at radius 1 is 1.53 bits per heavy atom. The maximum absolute atomic E-state index is 10.7. The number of rotatable bonds is 5. The molecule has 0 aliphatic rings. The number of benzene rings is 1. The molecule has 1 rings (SSSR count). The SMILES string of the molecule is CCCOCc1cc(C(=O)O)ccc1Br. The Kier molecular flexibility index (Phi) is 4.78. The Hall–Kier alpha value is -0.870. The molecule has 15 heavy (non-hydrogen) atoms. The summed E-state index contributed by atoms with van der Waals surface area (Å²) in [6, 6.07) is 4.92. The summed E-state index contributed by atoms with van der Waals surface area (Å²) in [5, 5.41) is 8.82. The van der Waals surface area contributed by atoms with Gasteiger partial charge in [0.15, 0.2) is 0 Å². The molecule has 0 atom stereocenters. The van der Waals surface area contributed by atoms with Crippen LogP contribution in [0.15, 0.2) is 22.7 Å². The van der Waals surface area contributed by atoms with Crippen LogP contribution in [0.2, 0.25) is 0 Å². The fourth-order valence-corrected chi connectivity index (χ4v) is 1.51. The van der Waals surface area contributed by atoms with Crippen LogP contribution in [0.25, 0.3) is 0 Å². The van der Waals surface area contributed by atoms with Crippen molar-refractivity contribution in [2.75, 3.05) is 6.61 Å². The van der Waals surface area contributed by atoms with E-state index in [-0.39, 0.29) is 5.56 Å². The highest BCUT2D eigenvalue weighted by atomic mass is 79.9. The monoisotopic (exact) mass is 272 g/mol. The Bertz CT molecular complexity index is 350. The summed E-state index contributed by atoms with van der Waals surface area (Å²) in [6.45, 7) is 3.15. The molecule has 4 heteroatoms. The lowest BCUT2D eigenvalue weighted by atomic mass is 10.1. The largest absolute Gasteiger partial charge is 0.478 e. The predicted octanol–water partition coefficient (Wildman–Crippen LogP) is 3.07. The molecule has 0 aliphatic heterocycles. The average molecular weight is 273 g/mol. The third-order valence-corrected chi connectivity index (χ3v) is 2.67. The minimum absolute atomic E-state index is 0.285. The van der Waals surface area contributed by atoms with Crippen LogP contribution in [0.4, 0.5) is 0 Å². The molecule has 0 unspecified atom stereocenters. The van der Waals surface area contributed by atoms with Gasteiger partial charge in [-0.25, -0.2) is 4.79 Å². The summed E-state index contributed by atoms with van der Waals surface area (Å²) in [7, 11) is 0. The van der Waals surface area contributed by atoms with E-state index >= 15 is 0 Å². The first kappa shape index (κ1) is 12.2. The first-order chi connectivity index (χ1) is 7.15. The van der Waals surface area contributed by atoms with Gasteiger partial charge in [-0.15, -0.1) is 0 Å². The van der Waals surface area contributed by atoms with Gasteiger partial charge in [0.05, 0.1) is 12.2 Å². The summed E-state index contributed by atoms with van der Waals surface area (Å²) in [6.07, 6.45) is 0.955. The van der Waals surface area contributed by atoms with Crippen molar-refractivity contribution in [2.24, 2.45) is 0 Å². The van der Waals surface area contributed by atoms with Crippen LogP contribution in [0.1, 0.15) is 29.3 Å². The second-order valence-corrected chi connectivity index (χ2v) is 4.02. The van der Waals surface area contributed by atoms with E-state index in [9.17, 15) is 4.79 Å². The van der Waals surface area contributed by atoms with Gasteiger partial charge in [-0.2, -0.15) is 0 Å². The number of ether oxygens (including phenoxy) is 1. The minimum Gasteiger partial charge on any atom is -0.478 e. The number of hydrogen-bond acceptors (Lipinski definition) is 2. The van der Waals surface area contributed by atoms with Crippen LogP contribution >= 0.6 is 15.9 Å². The number of hydrogen-bond donors (Lipinski definition) is 1. The Morgan fingerprint density at radius 2 is 2.27 bits per heavy atom. The van der Waals surface area contributed by atoms with Gasteiger partial charge in [-0.1, -0.05) is 22.9 Å². The number of halogens is 1. The maximum Gasteiger partial charge on any atom is 0.335 e. The topological polar surface area (TPSA) is 46.5 Å². The van der Waals surface area contributed by atoms with Crippen LogP contribution in [0.5, 0.6) is 0 Å². The van der Waals surface area contributed by atoms with Crippen LogP contribution in [0.3, 0.4) is 0 Å². The lowest BCUT2D eigenvalue weighted by Crippen LogP contribution is -2.00. The van der Waals surface area contributed by atoms with Gasteiger partial charge in [0.1, 0.15) is 0 Å². The van der Waals surface area contributed by atoms with Crippen LogP contribution in [-0.2, 0) is 11.3 Å². The summed E-state index contributed by atoms with van der Waals surface area (Å²) >= 11 is 3.36. The molecule has 0 fully saturated rings. The third-order valence-electron chi connectivity index (χ3n) is 1.90. The van der Waals surface area contributed by atoms with Crippen molar-refractivity contribution >= 4 is 21.9 Å². The molecule has 0 saturated carbocycles. The second kappa shape index (κ2) is 5.88. The van der Waals surface area contributed by atoms with E-state index in [0.29, 0.717) is 13.2 Å². The number of carboxylic acid groups (broad SMARTS) is 1. The quantitative estimate of drug-likeness (QED) is 0.838. The molecular formula is C11H13BrO3. The highest BCUT2D eigenvalue weighted by molar-refractivity contribution is 9.10. The zero-order valence-electron chi connectivity index (χ0n) is 8.50. The molecule has 0 aliphatic carbocycles. The fourth-order valence-electron chi connectivity index (χ4n) is 1.14. The van der Waals surface area contributed by atoms with Crippen molar-refractivity contribution in [3.8, 4) is 0 Å². The first-order valence-electron chi connectivity index (χ1n) is 4.74. The average Bonchev–Trinajstić information content (AvgIpc) is 2.20. The minimum atomic E-state index is -0.917. The van der Waals surface area contributed by atoms with Gasteiger partial charge in [0, 0.05) is 11.1 Å². The van der Waals surface area contributed by atoms with Crippen molar-refractivity contribution in [1.82, 2.24) is 0 Å². The second-order valence-electron chi connectivity index (χ2n) is 3.16. The molecule has 0 radical (unpaired) electrons. The van der Waals surface area contributed by atoms with Crippen molar-refractivity contribution in [3.05, 3.63) is 33.8 Å². The molecular weight excluding hydrogens is 260 g/mol. The van der Waals surface area contributed by atoms with Gasteiger partial charge >= 0.3 is 5.97 Å². The normalized spacial score (nSPS) is 10.3. The van der Waals surface area contributed by atoms with E-state index in [1.165, 1.54) is 0 Å². The smallest absolute Gasteiger partial charge is 0.335 e. The van der Waals surface area contributed by atoms with Crippen molar-refractivity contribution < 1.29 is 14.6 Å². The molecule has 3 nitrogen and oxygen atoms in total. The zero-order valence-corrected chi connectivity index (χ0v) is 10.1. The molecule has 0 spiro atoms. The Labute approximate surface area is 97.2 Å². The molecule has 1 aromatic rings. The van der Waals surface area contributed by atoms with E-state index in [1.54, 1.807) is 18.2 Å². The lowest BCUT2D eigenvalue weighted by molar-refractivity contribution is 0.0696. The van der Waals surface area contributed by atoms with Crippen LogP contribution < -0.4 is 0 Å². The fraction of sp³-hybridized carbons (Fsp3) is 0.364. The van der Waals surface area contributed by atoms with E-state index in [0.717, 1.165) is 16.5 Å². The standard InChI is InChI=1S/C11H13BrO3/c1-2-5-15-7-9-6-8(11(13)14)3-4-10(9)12/h3-4,6H,2,5,7H2,1H3,(H,13,14). The van der Waals surface area contributed by atoms with Crippen molar-refractivity contribution in [1.29, 1.82) is 0 Å². The highest BCUT2D eigenvalue weighted by Crippen LogP contribution is 2.19. The van der Waals surface area contributed by atoms with E-state index < -0.39 is 5.97 Å². The molecule has 0 aromatic heterocycles. The molecule has 0 saturated heterocycles. The van der Waals surface area contributed by atoms with Gasteiger partial charge in [-0.3, -0.25) is 0 Å².